The maximum absolute atomic E-state index is 11.9. The normalized spacial score (nSPS) is 11.5. The number of hydrazone groups is 1. The predicted molar refractivity (Wildman–Crippen MR) is 89.1 cm³/mol. The molecule has 6 nitrogen and oxygen atoms in total. The fourth-order valence-electron chi connectivity index (χ4n) is 1.60. The molecular formula is C14H15N3O3S2. The number of sulfonamides is 1. The Morgan fingerprint density at radius 3 is 2.50 bits per heavy atom. The topological polar surface area (TPSA) is 78.8 Å². The van der Waals surface area contributed by atoms with Gasteiger partial charge in [-0.2, -0.15) is 5.10 Å². The van der Waals surface area contributed by atoms with E-state index in [1.807, 2.05) is 17.5 Å². The molecule has 0 atom stereocenters. The van der Waals surface area contributed by atoms with E-state index >= 15 is 0 Å². The second-order valence-electron chi connectivity index (χ2n) is 4.49. The lowest BCUT2D eigenvalue weighted by atomic mass is 10.2. The summed E-state index contributed by atoms with van der Waals surface area (Å²) in [5.41, 5.74) is 3.31. The highest BCUT2D eigenvalue weighted by atomic mass is 32.2. The average Bonchev–Trinajstić information content (AvgIpc) is 2.99. The van der Waals surface area contributed by atoms with E-state index in [1.165, 1.54) is 18.4 Å². The smallest absolute Gasteiger partial charge is 0.271 e. The number of thiophene rings is 1. The number of carbonyl (C=O) groups excluding carboxylic acids is 1. The summed E-state index contributed by atoms with van der Waals surface area (Å²) in [6.45, 7) is 0. The zero-order chi connectivity index (χ0) is 16.2. The van der Waals surface area contributed by atoms with Crippen LogP contribution in [0.15, 0.2) is 46.9 Å². The van der Waals surface area contributed by atoms with Crippen molar-refractivity contribution in [2.45, 2.75) is 0 Å². The molecule has 0 aliphatic rings. The summed E-state index contributed by atoms with van der Waals surface area (Å²) in [6, 6.07) is 10.0. The Balaban J connectivity index is 2.02. The molecule has 0 bridgehead atoms. The van der Waals surface area contributed by atoms with E-state index in [0.29, 0.717) is 11.3 Å². The molecule has 2 rings (SSSR count). The largest absolute Gasteiger partial charge is 0.274 e. The SMILES string of the molecule is CN(c1ccc(C(=O)N/N=C\c2cccs2)cc1)S(C)(=O)=O. The highest BCUT2D eigenvalue weighted by Crippen LogP contribution is 2.16. The van der Waals surface area contributed by atoms with Crippen LogP contribution < -0.4 is 9.73 Å². The summed E-state index contributed by atoms with van der Waals surface area (Å²) in [5.74, 6) is -0.360. The maximum atomic E-state index is 11.9. The van der Waals surface area contributed by atoms with Gasteiger partial charge in [0.15, 0.2) is 0 Å². The molecular weight excluding hydrogens is 322 g/mol. The first-order valence-electron chi connectivity index (χ1n) is 6.29. The van der Waals surface area contributed by atoms with Crippen molar-refractivity contribution >= 4 is 39.2 Å². The Morgan fingerprint density at radius 2 is 1.95 bits per heavy atom. The van der Waals surface area contributed by atoms with E-state index in [2.05, 4.69) is 10.5 Å². The van der Waals surface area contributed by atoms with Crippen LogP contribution in [0.25, 0.3) is 0 Å². The van der Waals surface area contributed by atoms with Gasteiger partial charge in [0.1, 0.15) is 0 Å². The Kier molecular flexibility index (Phi) is 4.94. The van der Waals surface area contributed by atoms with Gasteiger partial charge in [-0.3, -0.25) is 9.10 Å². The van der Waals surface area contributed by atoms with E-state index in [9.17, 15) is 13.2 Å². The minimum absolute atomic E-state index is 0.360. The Hall–Kier alpha value is -2.19. The van der Waals surface area contributed by atoms with Crippen molar-refractivity contribution in [2.24, 2.45) is 5.10 Å². The summed E-state index contributed by atoms with van der Waals surface area (Å²) in [6.07, 6.45) is 2.68. The molecule has 1 aromatic heterocycles. The number of nitrogens with zero attached hydrogens (tertiary/aromatic N) is 2. The highest BCUT2D eigenvalue weighted by Gasteiger charge is 2.12. The third-order valence-electron chi connectivity index (χ3n) is 2.89. The van der Waals surface area contributed by atoms with Gasteiger partial charge in [-0.1, -0.05) is 6.07 Å². The first-order valence-corrected chi connectivity index (χ1v) is 9.01. The Labute approximate surface area is 133 Å². The summed E-state index contributed by atoms with van der Waals surface area (Å²) >= 11 is 1.51. The van der Waals surface area contributed by atoms with Crippen molar-refractivity contribution in [3.8, 4) is 0 Å². The predicted octanol–water partition coefficient (Wildman–Crippen LogP) is 1.91. The summed E-state index contributed by atoms with van der Waals surface area (Å²) in [4.78, 5) is 12.8. The van der Waals surface area contributed by atoms with Gasteiger partial charge in [0.05, 0.1) is 18.2 Å². The van der Waals surface area contributed by atoms with Crippen molar-refractivity contribution in [1.29, 1.82) is 0 Å². The third kappa shape index (κ3) is 4.15. The molecule has 0 saturated carbocycles. The monoisotopic (exact) mass is 337 g/mol. The quantitative estimate of drug-likeness (QED) is 0.668. The summed E-state index contributed by atoms with van der Waals surface area (Å²) in [7, 11) is -1.86. The van der Waals surface area contributed by atoms with Crippen LogP contribution in [0.1, 0.15) is 15.2 Å². The molecule has 1 heterocycles. The minimum Gasteiger partial charge on any atom is -0.274 e. The number of benzene rings is 1. The minimum atomic E-state index is -3.32. The van der Waals surface area contributed by atoms with Crippen LogP contribution in [0.5, 0.6) is 0 Å². The van der Waals surface area contributed by atoms with Crippen molar-refractivity contribution in [2.75, 3.05) is 17.6 Å². The number of hydrogen-bond acceptors (Lipinski definition) is 5. The number of amides is 1. The van der Waals surface area contributed by atoms with E-state index in [4.69, 9.17) is 0 Å². The molecule has 1 N–H and O–H groups in total. The lowest BCUT2D eigenvalue weighted by molar-refractivity contribution is 0.0955. The number of hydrogen-bond donors (Lipinski definition) is 1. The first-order chi connectivity index (χ1) is 10.4. The Bertz CT molecular complexity index is 766. The first kappa shape index (κ1) is 16.2. The zero-order valence-corrected chi connectivity index (χ0v) is 13.7. The van der Waals surface area contributed by atoms with Gasteiger partial charge in [0.25, 0.3) is 5.91 Å². The summed E-state index contributed by atoms with van der Waals surface area (Å²) < 4.78 is 24.0. The number of anilines is 1. The molecule has 0 unspecified atom stereocenters. The molecule has 0 aliphatic carbocycles. The number of rotatable bonds is 5. The van der Waals surface area contributed by atoms with E-state index in [-0.39, 0.29) is 5.91 Å². The van der Waals surface area contributed by atoms with Gasteiger partial charge < -0.3 is 0 Å². The van der Waals surface area contributed by atoms with Crippen LogP contribution in [0, 0.1) is 0 Å². The molecule has 0 spiro atoms. The standard InChI is InChI=1S/C14H15N3O3S2/c1-17(22(2,19)20)12-7-5-11(6-8-12)14(18)16-15-10-13-4-3-9-21-13/h3-10H,1-2H3,(H,16,18)/b15-10-. The van der Waals surface area contributed by atoms with Gasteiger partial charge in [0, 0.05) is 17.5 Å². The molecule has 0 fully saturated rings. The van der Waals surface area contributed by atoms with Crippen molar-refractivity contribution in [3.63, 3.8) is 0 Å². The van der Waals surface area contributed by atoms with E-state index in [0.717, 1.165) is 15.4 Å². The lowest BCUT2D eigenvalue weighted by Crippen LogP contribution is -2.25. The van der Waals surface area contributed by atoms with Crippen LogP contribution in [-0.2, 0) is 10.0 Å². The molecule has 2 aromatic rings. The van der Waals surface area contributed by atoms with Gasteiger partial charge in [-0.05, 0) is 35.7 Å². The van der Waals surface area contributed by atoms with E-state index < -0.39 is 10.0 Å². The molecule has 8 heteroatoms. The van der Waals surface area contributed by atoms with Gasteiger partial charge in [-0.25, -0.2) is 13.8 Å². The molecule has 22 heavy (non-hydrogen) atoms. The van der Waals surface area contributed by atoms with Crippen LogP contribution >= 0.6 is 11.3 Å². The van der Waals surface area contributed by atoms with Crippen molar-refractivity contribution < 1.29 is 13.2 Å². The molecule has 0 aliphatic heterocycles. The van der Waals surface area contributed by atoms with Gasteiger partial charge >= 0.3 is 0 Å². The third-order valence-corrected chi connectivity index (χ3v) is 4.90. The molecule has 1 aromatic carbocycles. The van der Waals surface area contributed by atoms with Crippen molar-refractivity contribution in [1.82, 2.24) is 5.43 Å². The van der Waals surface area contributed by atoms with Gasteiger partial charge in [-0.15, -0.1) is 11.3 Å². The van der Waals surface area contributed by atoms with Gasteiger partial charge in [0.2, 0.25) is 10.0 Å². The number of nitrogens with one attached hydrogen (secondary N) is 1. The molecule has 116 valence electrons. The molecule has 0 saturated heterocycles. The van der Waals surface area contributed by atoms with Crippen molar-refractivity contribution in [3.05, 3.63) is 52.2 Å². The average molecular weight is 337 g/mol. The fourth-order valence-corrected chi connectivity index (χ4v) is 2.69. The molecule has 0 radical (unpaired) electrons. The lowest BCUT2D eigenvalue weighted by Gasteiger charge is -2.16. The number of carbonyl (C=O) groups is 1. The second kappa shape index (κ2) is 6.71. The van der Waals surface area contributed by atoms with Crippen LogP contribution in [0.2, 0.25) is 0 Å². The van der Waals surface area contributed by atoms with Crippen LogP contribution in [0.4, 0.5) is 5.69 Å². The molecule has 1 amide bonds. The Morgan fingerprint density at radius 1 is 1.27 bits per heavy atom. The fraction of sp³-hybridized carbons (Fsp3) is 0.143. The summed E-state index contributed by atoms with van der Waals surface area (Å²) in [5, 5.41) is 5.78. The van der Waals surface area contributed by atoms with Crippen LogP contribution in [-0.4, -0.2) is 33.8 Å². The zero-order valence-electron chi connectivity index (χ0n) is 12.1. The maximum Gasteiger partial charge on any atom is 0.271 e. The van der Waals surface area contributed by atoms with E-state index in [1.54, 1.807) is 30.5 Å². The second-order valence-corrected chi connectivity index (χ2v) is 7.48. The highest BCUT2D eigenvalue weighted by molar-refractivity contribution is 7.92. The van der Waals surface area contributed by atoms with Crippen LogP contribution in [0.3, 0.4) is 0 Å².